The van der Waals surface area contributed by atoms with Crippen molar-refractivity contribution in [3.05, 3.63) is 35.6 Å². The molecule has 0 bridgehead atoms. The van der Waals surface area contributed by atoms with Gasteiger partial charge in [0, 0.05) is 5.56 Å². The summed E-state index contributed by atoms with van der Waals surface area (Å²) in [5.41, 5.74) is 5.42. The van der Waals surface area contributed by atoms with Crippen LogP contribution in [-0.2, 0) is 0 Å². The van der Waals surface area contributed by atoms with Crippen LogP contribution < -0.4 is 11.1 Å². The highest BCUT2D eigenvalue weighted by Crippen LogP contribution is 2.30. The summed E-state index contributed by atoms with van der Waals surface area (Å²) in [5.74, 6) is -0.761. The summed E-state index contributed by atoms with van der Waals surface area (Å²) in [6.07, 6.45) is 3.48. The van der Waals surface area contributed by atoms with Crippen molar-refractivity contribution in [1.29, 1.82) is 0 Å². The van der Waals surface area contributed by atoms with Gasteiger partial charge in [-0.1, -0.05) is 31.1 Å². The Kier molecular flexibility index (Phi) is 3.61. The normalized spacial score (nSPS) is 17.4. The summed E-state index contributed by atoms with van der Waals surface area (Å²) in [6, 6.07) is 5.58. The van der Waals surface area contributed by atoms with Gasteiger partial charge in [0.05, 0.1) is 10.5 Å². The molecule has 0 spiro atoms. The lowest BCUT2D eigenvalue weighted by molar-refractivity contribution is 0.0924. The lowest BCUT2D eigenvalue weighted by atomic mass is 9.97. The largest absolute Gasteiger partial charge is 0.391 e. The fraction of sp³-hybridized carbons (Fsp3) is 0.385. The molecule has 3 N–H and O–H groups in total. The number of nitrogens with two attached hydrogens (primary N) is 1. The first kappa shape index (κ1) is 13.0. The number of thiocarbonyl (C=S) groups is 1. The maximum atomic E-state index is 13.1. The number of carbonyl (C=O) groups is 1. The van der Waals surface area contributed by atoms with Crippen LogP contribution in [0.4, 0.5) is 4.39 Å². The van der Waals surface area contributed by atoms with Crippen LogP contribution in [0.15, 0.2) is 24.3 Å². The first-order valence-corrected chi connectivity index (χ1v) is 6.32. The minimum atomic E-state index is -0.598. The zero-order valence-electron chi connectivity index (χ0n) is 9.91. The maximum absolute atomic E-state index is 13.1. The number of hydrogen-bond donors (Lipinski definition) is 2. The fourth-order valence-electron chi connectivity index (χ4n) is 2.33. The van der Waals surface area contributed by atoms with E-state index < -0.39 is 11.4 Å². The van der Waals surface area contributed by atoms with Gasteiger partial charge in [-0.05, 0) is 31.0 Å². The van der Waals surface area contributed by atoms with E-state index in [-0.39, 0.29) is 11.5 Å². The van der Waals surface area contributed by atoms with Crippen LogP contribution in [0.2, 0.25) is 0 Å². The Morgan fingerprint density at radius 1 is 1.39 bits per heavy atom. The highest BCUT2D eigenvalue weighted by Gasteiger charge is 2.38. The van der Waals surface area contributed by atoms with Crippen molar-refractivity contribution >= 4 is 23.1 Å². The molecule has 0 aromatic heterocycles. The third-order valence-corrected chi connectivity index (χ3v) is 3.76. The Hall–Kier alpha value is -1.49. The van der Waals surface area contributed by atoms with E-state index in [2.05, 4.69) is 5.32 Å². The average molecular weight is 266 g/mol. The SMILES string of the molecule is NC(=S)C1(NC(=O)c2cccc(F)c2)CCCC1. The topological polar surface area (TPSA) is 55.1 Å². The molecule has 0 unspecified atom stereocenters. The number of hydrogen-bond acceptors (Lipinski definition) is 2. The molecule has 0 atom stereocenters. The number of nitrogens with one attached hydrogen (secondary N) is 1. The molecular formula is C13H15FN2OS. The van der Waals surface area contributed by atoms with Gasteiger partial charge in [-0.3, -0.25) is 4.79 Å². The van der Waals surface area contributed by atoms with E-state index in [1.54, 1.807) is 6.07 Å². The third-order valence-electron chi connectivity index (χ3n) is 3.37. The van der Waals surface area contributed by atoms with Crippen LogP contribution in [0, 0.1) is 5.82 Å². The molecule has 18 heavy (non-hydrogen) atoms. The summed E-state index contributed by atoms with van der Waals surface area (Å²) in [6.45, 7) is 0. The van der Waals surface area contributed by atoms with Gasteiger partial charge in [0.1, 0.15) is 5.82 Å². The standard InChI is InChI=1S/C13H15FN2OS/c14-10-5-3-4-9(8-10)11(17)16-13(12(15)18)6-1-2-7-13/h3-5,8H,1-2,6-7H2,(H2,15,18)(H,16,17). The number of rotatable bonds is 3. The van der Waals surface area contributed by atoms with Crippen molar-refractivity contribution in [3.63, 3.8) is 0 Å². The van der Waals surface area contributed by atoms with Gasteiger partial charge >= 0.3 is 0 Å². The van der Waals surface area contributed by atoms with Gasteiger partial charge in [-0.2, -0.15) is 0 Å². The molecule has 1 saturated carbocycles. The van der Waals surface area contributed by atoms with Crippen molar-refractivity contribution in [2.45, 2.75) is 31.2 Å². The monoisotopic (exact) mass is 266 g/mol. The minimum absolute atomic E-state index is 0.289. The second kappa shape index (κ2) is 5.02. The van der Waals surface area contributed by atoms with Crippen LogP contribution in [0.25, 0.3) is 0 Å². The molecule has 1 aromatic rings. The minimum Gasteiger partial charge on any atom is -0.391 e. The predicted molar refractivity (Wildman–Crippen MR) is 71.9 cm³/mol. The highest BCUT2D eigenvalue weighted by atomic mass is 32.1. The lowest BCUT2D eigenvalue weighted by Crippen LogP contribution is -2.54. The summed E-state index contributed by atoms with van der Waals surface area (Å²) >= 11 is 5.05. The molecule has 5 heteroatoms. The second-order valence-electron chi connectivity index (χ2n) is 4.62. The van der Waals surface area contributed by atoms with E-state index in [4.69, 9.17) is 18.0 Å². The highest BCUT2D eigenvalue weighted by molar-refractivity contribution is 7.80. The van der Waals surface area contributed by atoms with Gasteiger partial charge in [-0.15, -0.1) is 0 Å². The van der Waals surface area contributed by atoms with E-state index >= 15 is 0 Å². The second-order valence-corrected chi connectivity index (χ2v) is 5.06. The number of carbonyl (C=O) groups excluding carboxylic acids is 1. The average Bonchev–Trinajstić information content (AvgIpc) is 2.79. The molecule has 1 aromatic carbocycles. The van der Waals surface area contributed by atoms with Gasteiger partial charge in [0.15, 0.2) is 0 Å². The molecule has 0 radical (unpaired) electrons. The van der Waals surface area contributed by atoms with E-state index in [0.29, 0.717) is 4.99 Å². The van der Waals surface area contributed by atoms with Crippen LogP contribution in [0.5, 0.6) is 0 Å². The Bertz CT molecular complexity index is 484. The molecule has 1 amide bonds. The molecule has 3 nitrogen and oxygen atoms in total. The molecule has 96 valence electrons. The van der Waals surface area contributed by atoms with Crippen LogP contribution >= 0.6 is 12.2 Å². The molecule has 0 aliphatic heterocycles. The third kappa shape index (κ3) is 2.51. The van der Waals surface area contributed by atoms with Crippen molar-refractivity contribution in [2.75, 3.05) is 0 Å². The van der Waals surface area contributed by atoms with Crippen LogP contribution in [0.1, 0.15) is 36.0 Å². The predicted octanol–water partition coefficient (Wildman–Crippen LogP) is 2.15. The Morgan fingerprint density at radius 3 is 2.61 bits per heavy atom. The summed E-state index contributed by atoms with van der Waals surface area (Å²) in [5, 5.41) is 2.86. The Labute approximate surface area is 111 Å². The Balaban J connectivity index is 2.18. The van der Waals surface area contributed by atoms with E-state index in [9.17, 15) is 9.18 Å². The van der Waals surface area contributed by atoms with Gasteiger partial charge in [-0.25, -0.2) is 4.39 Å². The van der Waals surface area contributed by atoms with Crippen LogP contribution in [0.3, 0.4) is 0 Å². The summed E-state index contributed by atoms with van der Waals surface area (Å²) in [4.78, 5) is 12.4. The Morgan fingerprint density at radius 2 is 2.06 bits per heavy atom. The van der Waals surface area contributed by atoms with E-state index in [1.807, 2.05) is 0 Å². The smallest absolute Gasteiger partial charge is 0.252 e. The quantitative estimate of drug-likeness (QED) is 0.824. The molecular weight excluding hydrogens is 251 g/mol. The van der Waals surface area contributed by atoms with Crippen molar-refractivity contribution in [1.82, 2.24) is 5.32 Å². The first-order valence-electron chi connectivity index (χ1n) is 5.91. The maximum Gasteiger partial charge on any atom is 0.252 e. The van der Waals surface area contributed by atoms with Crippen LogP contribution in [-0.4, -0.2) is 16.4 Å². The first-order chi connectivity index (χ1) is 8.53. The lowest BCUT2D eigenvalue weighted by Gasteiger charge is -2.29. The molecule has 0 saturated heterocycles. The molecule has 1 aliphatic rings. The van der Waals surface area contributed by atoms with Gasteiger partial charge < -0.3 is 11.1 Å². The number of benzene rings is 1. The summed E-state index contributed by atoms with van der Waals surface area (Å²) in [7, 11) is 0. The fourth-order valence-corrected chi connectivity index (χ4v) is 2.59. The molecule has 0 heterocycles. The van der Waals surface area contributed by atoms with Gasteiger partial charge in [0.2, 0.25) is 0 Å². The molecule has 1 fully saturated rings. The summed E-state index contributed by atoms with van der Waals surface area (Å²) < 4.78 is 13.1. The molecule has 1 aliphatic carbocycles. The number of amides is 1. The number of halogens is 1. The zero-order valence-corrected chi connectivity index (χ0v) is 10.7. The van der Waals surface area contributed by atoms with E-state index in [0.717, 1.165) is 25.7 Å². The van der Waals surface area contributed by atoms with E-state index in [1.165, 1.54) is 18.2 Å². The van der Waals surface area contributed by atoms with Crippen molar-refractivity contribution < 1.29 is 9.18 Å². The van der Waals surface area contributed by atoms with Crippen molar-refractivity contribution in [3.8, 4) is 0 Å². The van der Waals surface area contributed by atoms with Crippen molar-refractivity contribution in [2.24, 2.45) is 5.73 Å². The molecule has 2 rings (SSSR count). The zero-order chi connectivity index (χ0) is 13.2. The van der Waals surface area contributed by atoms with Gasteiger partial charge in [0.25, 0.3) is 5.91 Å².